The molecule has 0 saturated carbocycles. The topological polar surface area (TPSA) is 64.6 Å². The summed E-state index contributed by atoms with van der Waals surface area (Å²) >= 11 is 11.6. The molecule has 0 radical (unpaired) electrons. The SMILES string of the molecule is O=C(COC(=O)c1ccc(Cl)cc1Cl)NCc1ccccc1OC(F)(F)F. The molecule has 144 valence electrons. The van der Waals surface area contributed by atoms with E-state index in [4.69, 9.17) is 27.9 Å². The van der Waals surface area contributed by atoms with E-state index < -0.39 is 30.6 Å². The van der Waals surface area contributed by atoms with Crippen LogP contribution < -0.4 is 10.1 Å². The third kappa shape index (κ3) is 6.65. The number of carbonyl (C=O) groups excluding carboxylic acids is 2. The molecule has 0 aliphatic carbocycles. The highest BCUT2D eigenvalue weighted by Gasteiger charge is 2.32. The van der Waals surface area contributed by atoms with Crippen molar-refractivity contribution in [3.05, 3.63) is 63.6 Å². The van der Waals surface area contributed by atoms with Gasteiger partial charge in [0.05, 0.1) is 10.6 Å². The van der Waals surface area contributed by atoms with Gasteiger partial charge < -0.3 is 14.8 Å². The summed E-state index contributed by atoms with van der Waals surface area (Å²) in [5.41, 5.74) is 0.132. The van der Waals surface area contributed by atoms with Crippen LogP contribution in [-0.4, -0.2) is 24.8 Å². The Morgan fingerprint density at radius 3 is 2.44 bits per heavy atom. The summed E-state index contributed by atoms with van der Waals surface area (Å²) < 4.78 is 45.8. The fraction of sp³-hybridized carbons (Fsp3) is 0.176. The number of benzene rings is 2. The predicted octanol–water partition coefficient (Wildman–Crippen LogP) is 4.37. The van der Waals surface area contributed by atoms with E-state index in [2.05, 4.69) is 10.1 Å². The van der Waals surface area contributed by atoms with E-state index in [1.54, 1.807) is 0 Å². The number of ether oxygens (including phenoxy) is 2. The van der Waals surface area contributed by atoms with Gasteiger partial charge in [-0.15, -0.1) is 13.2 Å². The molecule has 10 heteroatoms. The van der Waals surface area contributed by atoms with Crippen molar-refractivity contribution in [2.75, 3.05) is 6.61 Å². The van der Waals surface area contributed by atoms with Crippen LogP contribution in [0.1, 0.15) is 15.9 Å². The van der Waals surface area contributed by atoms with Gasteiger partial charge in [0, 0.05) is 17.1 Å². The molecule has 1 N–H and O–H groups in total. The first-order chi connectivity index (χ1) is 12.7. The fourth-order valence-corrected chi connectivity index (χ4v) is 2.47. The Labute approximate surface area is 162 Å². The first-order valence-corrected chi connectivity index (χ1v) is 8.14. The Morgan fingerprint density at radius 1 is 1.07 bits per heavy atom. The van der Waals surface area contributed by atoms with Crippen LogP contribution in [0.25, 0.3) is 0 Å². The van der Waals surface area contributed by atoms with Gasteiger partial charge in [-0.05, 0) is 24.3 Å². The second-order valence-electron chi connectivity index (χ2n) is 5.13. The summed E-state index contributed by atoms with van der Waals surface area (Å²) in [6.07, 6.45) is -4.85. The van der Waals surface area contributed by atoms with Crippen LogP contribution in [0.3, 0.4) is 0 Å². The maximum atomic E-state index is 12.4. The van der Waals surface area contributed by atoms with Gasteiger partial charge in [0.25, 0.3) is 5.91 Å². The monoisotopic (exact) mass is 421 g/mol. The lowest BCUT2D eigenvalue weighted by molar-refractivity contribution is -0.274. The minimum Gasteiger partial charge on any atom is -0.452 e. The van der Waals surface area contributed by atoms with Crippen molar-refractivity contribution in [3.8, 4) is 5.75 Å². The lowest BCUT2D eigenvalue weighted by Gasteiger charge is -2.13. The molecule has 5 nitrogen and oxygen atoms in total. The molecule has 2 aromatic rings. The average Bonchev–Trinajstić information content (AvgIpc) is 2.57. The molecule has 1 amide bonds. The van der Waals surface area contributed by atoms with Crippen molar-refractivity contribution in [1.29, 1.82) is 0 Å². The van der Waals surface area contributed by atoms with Crippen molar-refractivity contribution in [1.82, 2.24) is 5.32 Å². The molecule has 0 fully saturated rings. The molecule has 0 unspecified atom stereocenters. The standard InChI is InChI=1S/C17H12Cl2F3NO4/c18-11-5-6-12(13(19)7-11)16(25)26-9-15(24)23-8-10-3-1-2-4-14(10)27-17(20,21)22/h1-7H,8-9H2,(H,23,24). The summed E-state index contributed by atoms with van der Waals surface area (Å²) in [7, 11) is 0. The number of amides is 1. The zero-order valence-corrected chi connectivity index (χ0v) is 15.0. The van der Waals surface area contributed by atoms with Crippen molar-refractivity contribution < 1.29 is 32.2 Å². The van der Waals surface area contributed by atoms with Crippen LogP contribution in [0, 0.1) is 0 Å². The van der Waals surface area contributed by atoms with Crippen molar-refractivity contribution >= 4 is 35.1 Å². The molecular weight excluding hydrogens is 410 g/mol. The second kappa shape index (κ2) is 8.96. The van der Waals surface area contributed by atoms with E-state index >= 15 is 0 Å². The van der Waals surface area contributed by atoms with E-state index in [-0.39, 0.29) is 22.7 Å². The summed E-state index contributed by atoms with van der Waals surface area (Å²) in [6.45, 7) is -0.885. The molecule has 0 atom stereocenters. The van der Waals surface area contributed by atoms with Gasteiger partial charge in [0.15, 0.2) is 6.61 Å². The smallest absolute Gasteiger partial charge is 0.452 e. The zero-order valence-electron chi connectivity index (χ0n) is 13.5. The van der Waals surface area contributed by atoms with E-state index in [1.165, 1.54) is 36.4 Å². The van der Waals surface area contributed by atoms with Gasteiger partial charge in [-0.1, -0.05) is 41.4 Å². The largest absolute Gasteiger partial charge is 0.573 e. The molecule has 2 aromatic carbocycles. The van der Waals surface area contributed by atoms with Crippen molar-refractivity contribution in [2.24, 2.45) is 0 Å². The van der Waals surface area contributed by atoms with Gasteiger partial charge in [-0.25, -0.2) is 4.79 Å². The molecular formula is C17H12Cl2F3NO4. The highest BCUT2D eigenvalue weighted by molar-refractivity contribution is 6.36. The lowest BCUT2D eigenvalue weighted by Crippen LogP contribution is -2.29. The molecule has 2 rings (SSSR count). The van der Waals surface area contributed by atoms with Gasteiger partial charge in [-0.2, -0.15) is 0 Å². The normalized spacial score (nSPS) is 11.0. The number of nitrogens with one attached hydrogen (secondary N) is 1. The predicted molar refractivity (Wildman–Crippen MR) is 91.7 cm³/mol. The minimum absolute atomic E-state index is 0.0257. The highest BCUT2D eigenvalue weighted by Crippen LogP contribution is 2.26. The Kier molecular flexibility index (Phi) is 6.92. The first-order valence-electron chi connectivity index (χ1n) is 7.38. The van der Waals surface area contributed by atoms with E-state index in [9.17, 15) is 22.8 Å². The number of hydrogen-bond donors (Lipinski definition) is 1. The number of alkyl halides is 3. The Hall–Kier alpha value is -2.45. The summed E-state index contributed by atoms with van der Waals surface area (Å²) in [5.74, 6) is -1.99. The molecule has 0 aromatic heterocycles. The minimum atomic E-state index is -4.85. The highest BCUT2D eigenvalue weighted by atomic mass is 35.5. The van der Waals surface area contributed by atoms with Gasteiger partial charge in [-0.3, -0.25) is 4.79 Å². The zero-order chi connectivity index (χ0) is 20.0. The van der Waals surface area contributed by atoms with Crippen LogP contribution in [0.5, 0.6) is 5.75 Å². The molecule has 0 aliphatic heterocycles. The van der Waals surface area contributed by atoms with Crippen LogP contribution in [0.2, 0.25) is 10.0 Å². The number of carbonyl (C=O) groups is 2. The van der Waals surface area contributed by atoms with Crippen LogP contribution in [0.15, 0.2) is 42.5 Å². The van der Waals surface area contributed by atoms with Crippen molar-refractivity contribution in [3.63, 3.8) is 0 Å². The number of rotatable bonds is 6. The molecule has 0 spiro atoms. The Morgan fingerprint density at radius 2 is 1.78 bits per heavy atom. The third-order valence-electron chi connectivity index (χ3n) is 3.16. The summed E-state index contributed by atoms with van der Waals surface area (Å²) in [4.78, 5) is 23.7. The Balaban J connectivity index is 1.89. The molecule has 0 heterocycles. The van der Waals surface area contributed by atoms with Crippen LogP contribution >= 0.6 is 23.2 Å². The van der Waals surface area contributed by atoms with Crippen LogP contribution in [0.4, 0.5) is 13.2 Å². The molecule has 0 saturated heterocycles. The van der Waals surface area contributed by atoms with E-state index in [1.807, 2.05) is 0 Å². The van der Waals surface area contributed by atoms with Crippen molar-refractivity contribution in [2.45, 2.75) is 12.9 Å². The van der Waals surface area contributed by atoms with E-state index in [0.717, 1.165) is 6.07 Å². The van der Waals surface area contributed by atoms with Gasteiger partial charge in [0.2, 0.25) is 0 Å². The number of halogens is 5. The maximum Gasteiger partial charge on any atom is 0.573 e. The lowest BCUT2D eigenvalue weighted by atomic mass is 10.2. The summed E-state index contributed by atoms with van der Waals surface area (Å²) in [6, 6.07) is 9.46. The Bertz CT molecular complexity index is 843. The van der Waals surface area contributed by atoms with Gasteiger partial charge in [0.1, 0.15) is 5.75 Å². The van der Waals surface area contributed by atoms with Crippen LogP contribution in [-0.2, 0) is 16.1 Å². The maximum absolute atomic E-state index is 12.4. The molecule has 0 bridgehead atoms. The quantitative estimate of drug-likeness (QED) is 0.703. The van der Waals surface area contributed by atoms with Gasteiger partial charge >= 0.3 is 12.3 Å². The number of para-hydroxylation sites is 1. The average molecular weight is 422 g/mol. The fourth-order valence-electron chi connectivity index (χ4n) is 1.98. The number of hydrogen-bond acceptors (Lipinski definition) is 4. The number of esters is 1. The summed E-state index contributed by atoms with van der Waals surface area (Å²) in [5, 5.41) is 2.73. The second-order valence-corrected chi connectivity index (χ2v) is 5.98. The molecule has 27 heavy (non-hydrogen) atoms. The first kappa shape index (κ1) is 20.9. The van der Waals surface area contributed by atoms with E-state index in [0.29, 0.717) is 5.02 Å². The third-order valence-corrected chi connectivity index (χ3v) is 3.71. The molecule has 0 aliphatic rings.